The largest absolute Gasteiger partial charge is 0.481 e. The summed E-state index contributed by atoms with van der Waals surface area (Å²) in [5.74, 6) is -0.899. The number of aliphatic hydroxyl groups is 2. The Hall–Kier alpha value is -0.990. The molecule has 174 valence electrons. The van der Waals surface area contributed by atoms with E-state index in [1.807, 2.05) is 6.92 Å². The van der Waals surface area contributed by atoms with Gasteiger partial charge in [0.1, 0.15) is 0 Å². The van der Waals surface area contributed by atoms with Gasteiger partial charge in [0.15, 0.2) is 0 Å². The van der Waals surface area contributed by atoms with Crippen molar-refractivity contribution in [2.75, 3.05) is 5.75 Å². The topological polar surface area (TPSA) is 77.8 Å². The second kappa shape index (κ2) is 13.4. The van der Waals surface area contributed by atoms with Crippen LogP contribution in [-0.2, 0) is 4.79 Å². The summed E-state index contributed by atoms with van der Waals surface area (Å²) in [6, 6.07) is 0. The Balaban J connectivity index is 2.73. The third-order valence-corrected chi connectivity index (χ3v) is 6.62. The highest BCUT2D eigenvalue weighted by molar-refractivity contribution is 8.03. The number of carbonyl (C=O) groups is 1. The van der Waals surface area contributed by atoms with Crippen molar-refractivity contribution in [3.05, 3.63) is 22.6 Å². The van der Waals surface area contributed by atoms with E-state index in [-0.39, 0.29) is 11.3 Å². The first kappa shape index (κ1) is 27.0. The fourth-order valence-electron chi connectivity index (χ4n) is 3.61. The number of hydrogen-bond donors (Lipinski definition) is 3. The Morgan fingerprint density at radius 1 is 1.27 bits per heavy atom. The smallest absolute Gasteiger partial charge is 0.413 e. The normalized spacial score (nSPS) is 22.1. The number of alkyl halides is 3. The molecule has 3 N–H and O–H groups in total. The van der Waals surface area contributed by atoms with Crippen molar-refractivity contribution in [1.82, 2.24) is 0 Å². The third-order valence-electron chi connectivity index (χ3n) is 5.30. The second-order valence-corrected chi connectivity index (χ2v) is 9.26. The Labute approximate surface area is 181 Å². The van der Waals surface area contributed by atoms with Crippen LogP contribution < -0.4 is 0 Å². The molecule has 1 aliphatic rings. The molecule has 0 unspecified atom stereocenters. The van der Waals surface area contributed by atoms with Crippen molar-refractivity contribution in [1.29, 1.82) is 0 Å². The number of thioether (sulfide) groups is 1. The molecule has 1 aliphatic carbocycles. The molecular weight excluding hydrogens is 417 g/mol. The molecule has 0 radical (unpaired) electrons. The van der Waals surface area contributed by atoms with Crippen LogP contribution in [0.15, 0.2) is 22.6 Å². The van der Waals surface area contributed by atoms with E-state index in [0.29, 0.717) is 37.4 Å². The fraction of sp³-hybridized carbons (Fsp3) is 0.773. The molecule has 0 saturated carbocycles. The Kier molecular flexibility index (Phi) is 12.1. The highest BCUT2D eigenvalue weighted by Crippen LogP contribution is 2.47. The summed E-state index contributed by atoms with van der Waals surface area (Å²) in [6.45, 7) is 4.14. The molecule has 4 nitrogen and oxygen atoms in total. The molecule has 4 atom stereocenters. The number of aliphatic carboxylic acids is 1. The van der Waals surface area contributed by atoms with Crippen molar-refractivity contribution in [2.24, 2.45) is 11.8 Å². The summed E-state index contributed by atoms with van der Waals surface area (Å²) in [4.78, 5) is 10.6. The zero-order chi connectivity index (χ0) is 22.7. The first-order valence-electron chi connectivity index (χ1n) is 10.8. The van der Waals surface area contributed by atoms with Gasteiger partial charge in [0, 0.05) is 29.2 Å². The van der Waals surface area contributed by atoms with Gasteiger partial charge in [-0.3, -0.25) is 4.79 Å². The lowest BCUT2D eigenvalue weighted by Gasteiger charge is -2.17. The van der Waals surface area contributed by atoms with Gasteiger partial charge in [-0.25, -0.2) is 0 Å². The first-order valence-corrected chi connectivity index (χ1v) is 11.7. The third kappa shape index (κ3) is 9.88. The molecule has 0 spiro atoms. The molecule has 0 aliphatic heterocycles. The number of carboxylic acid groups (broad SMARTS) is 1. The van der Waals surface area contributed by atoms with Crippen LogP contribution in [0, 0.1) is 11.8 Å². The zero-order valence-corrected chi connectivity index (χ0v) is 18.6. The maximum atomic E-state index is 13.4. The second-order valence-electron chi connectivity index (χ2n) is 8.13. The molecule has 0 heterocycles. The molecule has 0 bridgehead atoms. The van der Waals surface area contributed by atoms with Gasteiger partial charge in [-0.05, 0) is 30.9 Å². The van der Waals surface area contributed by atoms with E-state index in [0.717, 1.165) is 31.0 Å². The van der Waals surface area contributed by atoms with Gasteiger partial charge in [0.25, 0.3) is 0 Å². The molecule has 0 aromatic heterocycles. The number of aliphatic hydroxyl groups excluding tert-OH is 2. The molecule has 0 aromatic rings. The minimum absolute atomic E-state index is 0.0554. The lowest BCUT2D eigenvalue weighted by molar-refractivity contribution is -0.137. The Morgan fingerprint density at radius 3 is 2.57 bits per heavy atom. The van der Waals surface area contributed by atoms with E-state index in [1.165, 1.54) is 12.2 Å². The molecule has 0 saturated heterocycles. The molecule has 0 fully saturated rings. The number of carboxylic acids is 1. The maximum absolute atomic E-state index is 13.4. The summed E-state index contributed by atoms with van der Waals surface area (Å²) in [5, 5.41) is 29.1. The van der Waals surface area contributed by atoms with Gasteiger partial charge in [-0.15, -0.1) is 11.8 Å². The van der Waals surface area contributed by atoms with Crippen molar-refractivity contribution < 1.29 is 33.3 Å². The minimum atomic E-state index is -4.50. The summed E-state index contributed by atoms with van der Waals surface area (Å²) in [6.07, 6.45) is 1.67. The van der Waals surface area contributed by atoms with Gasteiger partial charge in [-0.1, -0.05) is 51.7 Å². The lowest BCUT2D eigenvalue weighted by Crippen LogP contribution is -2.16. The van der Waals surface area contributed by atoms with Crippen molar-refractivity contribution >= 4 is 17.7 Å². The predicted octanol–water partition coefficient (Wildman–Crippen LogP) is 5.70. The van der Waals surface area contributed by atoms with Crippen LogP contribution in [0.5, 0.6) is 0 Å². The van der Waals surface area contributed by atoms with Gasteiger partial charge in [-0.2, -0.15) is 13.2 Å². The molecule has 0 aromatic carbocycles. The summed E-state index contributed by atoms with van der Waals surface area (Å²) in [5.41, 5.74) is -0.689. The Bertz CT molecular complexity index is 589. The molecule has 0 amide bonds. The van der Waals surface area contributed by atoms with Crippen molar-refractivity contribution in [3.8, 4) is 0 Å². The van der Waals surface area contributed by atoms with E-state index in [2.05, 4.69) is 6.92 Å². The maximum Gasteiger partial charge on any atom is 0.413 e. The van der Waals surface area contributed by atoms with Gasteiger partial charge in [0.05, 0.1) is 12.2 Å². The van der Waals surface area contributed by atoms with Crippen LogP contribution in [0.3, 0.4) is 0 Å². The fourth-order valence-corrected chi connectivity index (χ4v) is 4.98. The van der Waals surface area contributed by atoms with E-state index < -0.39 is 42.3 Å². The standard InChI is InChI=1S/C22H35F3O4S/c1-3-4-8-15(2)13-16(26)10-11-17-19(27)14-18(22(23,24)25)21(17)30-12-7-5-6-9-20(28)29/h10-11,15-17,19,26-27H,3-9,12-14H2,1-2H3,(H,28,29)/t15-,16-,17+,19-/m1/s1. The number of hydrogen-bond acceptors (Lipinski definition) is 4. The van der Waals surface area contributed by atoms with Gasteiger partial charge in [0.2, 0.25) is 0 Å². The number of halogens is 3. The number of rotatable bonds is 14. The monoisotopic (exact) mass is 452 g/mol. The van der Waals surface area contributed by atoms with Crippen LogP contribution in [0.2, 0.25) is 0 Å². The minimum Gasteiger partial charge on any atom is -0.481 e. The average Bonchev–Trinajstić information content (AvgIpc) is 2.96. The van der Waals surface area contributed by atoms with Crippen LogP contribution in [0.4, 0.5) is 13.2 Å². The molecule has 30 heavy (non-hydrogen) atoms. The van der Waals surface area contributed by atoms with E-state index in [9.17, 15) is 28.2 Å². The van der Waals surface area contributed by atoms with Crippen molar-refractivity contribution in [3.63, 3.8) is 0 Å². The molecule has 1 rings (SSSR count). The highest BCUT2D eigenvalue weighted by Gasteiger charge is 2.45. The van der Waals surface area contributed by atoms with Crippen LogP contribution in [0.1, 0.15) is 71.6 Å². The molecular formula is C22H35F3O4S. The average molecular weight is 453 g/mol. The number of unbranched alkanes of at least 4 members (excludes halogenated alkanes) is 3. The van der Waals surface area contributed by atoms with Gasteiger partial charge >= 0.3 is 12.1 Å². The summed E-state index contributed by atoms with van der Waals surface area (Å²) >= 11 is 1.09. The summed E-state index contributed by atoms with van der Waals surface area (Å²) < 4.78 is 40.3. The Morgan fingerprint density at radius 2 is 1.97 bits per heavy atom. The van der Waals surface area contributed by atoms with Crippen LogP contribution in [0.25, 0.3) is 0 Å². The van der Waals surface area contributed by atoms with E-state index >= 15 is 0 Å². The quantitative estimate of drug-likeness (QED) is 0.233. The van der Waals surface area contributed by atoms with E-state index in [4.69, 9.17) is 5.11 Å². The van der Waals surface area contributed by atoms with E-state index in [1.54, 1.807) is 0 Å². The molecule has 8 heteroatoms. The van der Waals surface area contributed by atoms with Crippen LogP contribution in [-0.4, -0.2) is 45.4 Å². The lowest BCUT2D eigenvalue weighted by atomic mass is 9.96. The predicted molar refractivity (Wildman–Crippen MR) is 114 cm³/mol. The zero-order valence-electron chi connectivity index (χ0n) is 17.8. The summed E-state index contributed by atoms with van der Waals surface area (Å²) in [7, 11) is 0. The highest BCUT2D eigenvalue weighted by atomic mass is 32.2. The van der Waals surface area contributed by atoms with Crippen LogP contribution >= 0.6 is 11.8 Å². The SMILES string of the molecule is CCCC[C@@H](C)C[C@H](O)C=C[C@@H]1C(SCCCCCC(=O)O)=C(C(F)(F)F)C[C@H]1O. The first-order chi connectivity index (χ1) is 14.1. The van der Waals surface area contributed by atoms with Crippen molar-refractivity contribution in [2.45, 2.75) is 90.0 Å². The van der Waals surface area contributed by atoms with Gasteiger partial charge < -0.3 is 15.3 Å².